The van der Waals surface area contributed by atoms with E-state index in [0.717, 1.165) is 6.07 Å². The molecule has 1 rings (SSSR count). The van der Waals surface area contributed by atoms with Gasteiger partial charge in [-0.05, 0) is 20.2 Å². The molecule has 0 aliphatic carbocycles. The third-order valence-electron chi connectivity index (χ3n) is 1.73. The third kappa shape index (κ3) is 2.50. The molecule has 1 aromatic rings. The minimum atomic E-state index is -0.609. The zero-order valence-electron chi connectivity index (χ0n) is 8.03. The highest BCUT2D eigenvalue weighted by atomic mass is 19.1. The number of halogens is 1. The van der Waals surface area contributed by atoms with Gasteiger partial charge in [-0.25, -0.2) is 4.39 Å². The molecule has 0 heterocycles. The smallest absolute Gasteiger partial charge is 0.272 e. The maximum Gasteiger partial charge on any atom is 0.272 e. The molecule has 0 bridgehead atoms. The van der Waals surface area contributed by atoms with E-state index in [1.54, 1.807) is 19.0 Å². The Morgan fingerprint density at radius 1 is 1.50 bits per heavy atom. The van der Waals surface area contributed by atoms with E-state index in [-0.39, 0.29) is 5.69 Å². The normalized spacial score (nSPS) is 10.6. The Bertz CT molecular complexity index is 353. The molecule has 0 saturated heterocycles. The van der Waals surface area contributed by atoms with Crippen molar-refractivity contribution in [1.82, 2.24) is 4.90 Å². The molecule has 0 fully saturated rings. The van der Waals surface area contributed by atoms with E-state index in [1.165, 1.54) is 12.1 Å². The molecule has 0 unspecified atom stereocenters. The van der Waals surface area contributed by atoms with Crippen molar-refractivity contribution in [2.75, 3.05) is 14.1 Å². The zero-order valence-corrected chi connectivity index (χ0v) is 8.03. The van der Waals surface area contributed by atoms with Crippen LogP contribution in [0.2, 0.25) is 0 Å². The second-order valence-electron chi connectivity index (χ2n) is 3.27. The number of non-ortho nitro benzene ring substituents is 1. The van der Waals surface area contributed by atoms with Crippen molar-refractivity contribution in [3.63, 3.8) is 0 Å². The van der Waals surface area contributed by atoms with Crippen LogP contribution in [0.4, 0.5) is 10.1 Å². The van der Waals surface area contributed by atoms with E-state index in [2.05, 4.69) is 0 Å². The molecule has 0 N–H and O–H groups in total. The maximum atomic E-state index is 13.2. The first kappa shape index (κ1) is 10.6. The monoisotopic (exact) mass is 198 g/mol. The molecule has 5 heteroatoms. The number of rotatable bonds is 3. The lowest BCUT2D eigenvalue weighted by Gasteiger charge is -2.09. The first-order valence-electron chi connectivity index (χ1n) is 4.08. The average molecular weight is 198 g/mol. The third-order valence-corrected chi connectivity index (χ3v) is 1.73. The first-order chi connectivity index (χ1) is 6.50. The Kier molecular flexibility index (Phi) is 3.14. The van der Waals surface area contributed by atoms with Crippen LogP contribution in [0.5, 0.6) is 0 Å². The summed E-state index contributed by atoms with van der Waals surface area (Å²) in [5.41, 5.74) is 0.241. The molecule has 0 aromatic heterocycles. The van der Waals surface area contributed by atoms with Crippen molar-refractivity contribution in [2.45, 2.75) is 6.54 Å². The van der Waals surface area contributed by atoms with Crippen molar-refractivity contribution < 1.29 is 9.31 Å². The second-order valence-corrected chi connectivity index (χ2v) is 3.27. The molecular weight excluding hydrogens is 187 g/mol. The van der Waals surface area contributed by atoms with Gasteiger partial charge in [0, 0.05) is 18.2 Å². The summed E-state index contributed by atoms with van der Waals surface area (Å²) < 4.78 is 13.2. The van der Waals surface area contributed by atoms with Crippen LogP contribution in [0.1, 0.15) is 5.56 Å². The van der Waals surface area contributed by atoms with Gasteiger partial charge in [0.1, 0.15) is 5.82 Å². The van der Waals surface area contributed by atoms with Gasteiger partial charge in [0.2, 0.25) is 0 Å². The fourth-order valence-corrected chi connectivity index (χ4v) is 1.12. The van der Waals surface area contributed by atoms with Crippen molar-refractivity contribution in [2.24, 2.45) is 0 Å². The zero-order chi connectivity index (χ0) is 10.7. The fourth-order valence-electron chi connectivity index (χ4n) is 1.12. The summed E-state index contributed by atoms with van der Waals surface area (Å²) in [4.78, 5) is 11.5. The summed E-state index contributed by atoms with van der Waals surface area (Å²) in [6, 6.07) is 3.69. The number of nitro groups is 1. The van der Waals surface area contributed by atoms with Crippen molar-refractivity contribution in [3.05, 3.63) is 39.7 Å². The molecule has 0 aliphatic heterocycles. The lowest BCUT2D eigenvalue weighted by molar-refractivity contribution is -0.385. The number of hydrogen-bond donors (Lipinski definition) is 0. The van der Waals surface area contributed by atoms with Crippen LogP contribution >= 0.6 is 0 Å². The summed E-state index contributed by atoms with van der Waals surface area (Å²) in [5.74, 6) is -0.534. The van der Waals surface area contributed by atoms with E-state index >= 15 is 0 Å². The molecular formula is C9H11FN2O2. The SMILES string of the molecule is CN(C)Cc1ccc([N+](=O)[O-])cc1F. The highest BCUT2D eigenvalue weighted by molar-refractivity contribution is 5.34. The quantitative estimate of drug-likeness (QED) is 0.549. The highest BCUT2D eigenvalue weighted by Gasteiger charge is 2.10. The van der Waals surface area contributed by atoms with E-state index in [1.807, 2.05) is 0 Å². The lowest BCUT2D eigenvalue weighted by atomic mass is 10.2. The summed E-state index contributed by atoms with van der Waals surface area (Å²) in [7, 11) is 3.61. The molecule has 1 aromatic carbocycles. The van der Waals surface area contributed by atoms with Crippen LogP contribution in [0, 0.1) is 15.9 Å². The maximum absolute atomic E-state index is 13.2. The Morgan fingerprint density at radius 2 is 2.14 bits per heavy atom. The average Bonchev–Trinajstić information content (AvgIpc) is 2.07. The minimum absolute atomic E-state index is 0.218. The van der Waals surface area contributed by atoms with Gasteiger partial charge in [0.05, 0.1) is 11.0 Å². The Balaban J connectivity index is 2.95. The largest absolute Gasteiger partial charge is 0.305 e. The van der Waals surface area contributed by atoms with Crippen LogP contribution in [0.25, 0.3) is 0 Å². The molecule has 14 heavy (non-hydrogen) atoms. The van der Waals surface area contributed by atoms with Gasteiger partial charge in [-0.1, -0.05) is 0 Å². The van der Waals surface area contributed by atoms with Crippen LogP contribution in [0.3, 0.4) is 0 Å². The van der Waals surface area contributed by atoms with E-state index in [4.69, 9.17) is 0 Å². The number of hydrogen-bond acceptors (Lipinski definition) is 3. The second kappa shape index (κ2) is 4.15. The Morgan fingerprint density at radius 3 is 2.57 bits per heavy atom. The molecule has 0 atom stereocenters. The van der Waals surface area contributed by atoms with Gasteiger partial charge in [0.25, 0.3) is 5.69 Å². The van der Waals surface area contributed by atoms with Crippen LogP contribution in [-0.2, 0) is 6.54 Å². The van der Waals surface area contributed by atoms with Crippen molar-refractivity contribution >= 4 is 5.69 Å². The molecule has 0 radical (unpaired) electrons. The molecule has 0 aliphatic rings. The standard InChI is InChI=1S/C9H11FN2O2/c1-11(2)6-7-3-4-8(12(13)14)5-9(7)10/h3-5H,6H2,1-2H3. The predicted molar refractivity (Wildman–Crippen MR) is 50.4 cm³/mol. The lowest BCUT2D eigenvalue weighted by Crippen LogP contribution is -2.11. The van der Waals surface area contributed by atoms with Crippen LogP contribution < -0.4 is 0 Å². The molecule has 0 spiro atoms. The van der Waals surface area contributed by atoms with Crippen LogP contribution in [-0.4, -0.2) is 23.9 Å². The predicted octanol–water partition coefficient (Wildman–Crippen LogP) is 1.80. The Hall–Kier alpha value is -1.49. The minimum Gasteiger partial charge on any atom is -0.305 e. The van der Waals surface area contributed by atoms with Gasteiger partial charge < -0.3 is 4.90 Å². The fraction of sp³-hybridized carbons (Fsp3) is 0.333. The van der Waals surface area contributed by atoms with E-state index in [0.29, 0.717) is 12.1 Å². The molecule has 76 valence electrons. The molecule has 4 nitrogen and oxygen atoms in total. The number of benzene rings is 1. The first-order valence-corrected chi connectivity index (χ1v) is 4.08. The molecule has 0 amide bonds. The van der Waals surface area contributed by atoms with Crippen molar-refractivity contribution in [1.29, 1.82) is 0 Å². The summed E-state index contributed by atoms with van der Waals surface area (Å²) in [6.45, 7) is 0.434. The summed E-state index contributed by atoms with van der Waals surface area (Å²) in [6.07, 6.45) is 0. The topological polar surface area (TPSA) is 46.4 Å². The summed E-state index contributed by atoms with van der Waals surface area (Å²) in [5, 5.41) is 10.3. The van der Waals surface area contributed by atoms with Crippen LogP contribution in [0.15, 0.2) is 18.2 Å². The van der Waals surface area contributed by atoms with E-state index < -0.39 is 10.7 Å². The highest BCUT2D eigenvalue weighted by Crippen LogP contribution is 2.17. The Labute approximate surface area is 81.1 Å². The van der Waals surface area contributed by atoms with Crippen molar-refractivity contribution in [3.8, 4) is 0 Å². The van der Waals surface area contributed by atoms with Gasteiger partial charge >= 0.3 is 0 Å². The van der Waals surface area contributed by atoms with E-state index in [9.17, 15) is 14.5 Å². The van der Waals surface area contributed by atoms with Gasteiger partial charge in [-0.3, -0.25) is 10.1 Å². The number of nitro benzene ring substituents is 1. The molecule has 0 saturated carbocycles. The van der Waals surface area contributed by atoms with Gasteiger partial charge in [0.15, 0.2) is 0 Å². The van der Waals surface area contributed by atoms with Gasteiger partial charge in [-0.15, -0.1) is 0 Å². The van der Waals surface area contributed by atoms with Gasteiger partial charge in [-0.2, -0.15) is 0 Å². The number of nitrogens with zero attached hydrogens (tertiary/aromatic N) is 2. The summed E-state index contributed by atoms with van der Waals surface area (Å²) >= 11 is 0.